The maximum Gasteiger partial charge on any atom is 0.0478 e. The van der Waals surface area contributed by atoms with Gasteiger partial charge in [0.25, 0.3) is 0 Å². The van der Waals surface area contributed by atoms with Crippen molar-refractivity contribution in [3.8, 4) is 0 Å². The molecule has 2 heteroatoms. The van der Waals surface area contributed by atoms with Gasteiger partial charge in [0.15, 0.2) is 0 Å². The van der Waals surface area contributed by atoms with Gasteiger partial charge < -0.3 is 9.64 Å². The second kappa shape index (κ2) is 11.0. The molecule has 0 unspecified atom stereocenters. The van der Waals surface area contributed by atoms with Crippen LogP contribution in [0.15, 0.2) is 0 Å². The first-order valence-electron chi connectivity index (χ1n) is 6.15. The van der Waals surface area contributed by atoms with Gasteiger partial charge in [-0.2, -0.15) is 0 Å². The van der Waals surface area contributed by atoms with E-state index in [1.54, 1.807) is 0 Å². The largest absolute Gasteiger partial charge is 0.381 e. The first kappa shape index (κ1) is 13.9. The highest BCUT2D eigenvalue weighted by Gasteiger charge is 2.01. The fourth-order valence-corrected chi connectivity index (χ4v) is 1.60. The highest BCUT2D eigenvalue weighted by atomic mass is 16.5. The van der Waals surface area contributed by atoms with Crippen LogP contribution in [0.5, 0.6) is 0 Å². The summed E-state index contributed by atoms with van der Waals surface area (Å²) in [6.45, 7) is 12.2. The molecule has 0 atom stereocenters. The molecule has 0 fully saturated rings. The lowest BCUT2D eigenvalue weighted by molar-refractivity contribution is 0.121. The molecule has 0 aromatic carbocycles. The van der Waals surface area contributed by atoms with E-state index in [4.69, 9.17) is 4.74 Å². The van der Waals surface area contributed by atoms with Crippen LogP contribution < -0.4 is 0 Å². The molecule has 0 saturated carbocycles. The van der Waals surface area contributed by atoms with Gasteiger partial charge in [0.05, 0.1) is 0 Å². The Hall–Kier alpha value is -0.0800. The van der Waals surface area contributed by atoms with Crippen molar-refractivity contribution >= 4 is 0 Å². The molecule has 0 aromatic heterocycles. The Labute approximate surface area is 89.6 Å². The van der Waals surface area contributed by atoms with Crippen LogP contribution in [0.4, 0.5) is 0 Å². The monoisotopic (exact) mass is 201 g/mol. The second-order valence-electron chi connectivity index (χ2n) is 3.81. The summed E-state index contributed by atoms with van der Waals surface area (Å²) in [5, 5.41) is 0. The molecule has 0 radical (unpaired) electrons. The summed E-state index contributed by atoms with van der Waals surface area (Å²) < 4.78 is 5.46. The van der Waals surface area contributed by atoms with E-state index in [9.17, 15) is 0 Å². The second-order valence-corrected chi connectivity index (χ2v) is 3.81. The van der Waals surface area contributed by atoms with Gasteiger partial charge in [-0.15, -0.1) is 0 Å². The quantitative estimate of drug-likeness (QED) is 0.504. The predicted molar refractivity (Wildman–Crippen MR) is 62.7 cm³/mol. The molecule has 0 saturated heterocycles. The minimum absolute atomic E-state index is 0.918. The normalized spacial score (nSPS) is 11.1. The van der Waals surface area contributed by atoms with E-state index in [0.29, 0.717) is 0 Å². The molecule has 0 aromatic rings. The molecule has 14 heavy (non-hydrogen) atoms. The number of nitrogens with zero attached hydrogens (tertiary/aromatic N) is 1. The van der Waals surface area contributed by atoms with Gasteiger partial charge in [-0.3, -0.25) is 0 Å². The maximum atomic E-state index is 5.46. The highest BCUT2D eigenvalue weighted by Crippen LogP contribution is 1.96. The fraction of sp³-hybridized carbons (Fsp3) is 1.00. The van der Waals surface area contributed by atoms with Crippen molar-refractivity contribution in [2.45, 2.75) is 46.5 Å². The molecule has 0 bridgehead atoms. The van der Waals surface area contributed by atoms with Crippen LogP contribution in [0.1, 0.15) is 46.5 Å². The molecule has 0 rings (SSSR count). The Morgan fingerprint density at radius 3 is 1.93 bits per heavy atom. The lowest BCUT2D eigenvalue weighted by Crippen LogP contribution is -2.27. The maximum absolute atomic E-state index is 5.46. The summed E-state index contributed by atoms with van der Waals surface area (Å²) in [6.07, 6.45) is 4.83. The van der Waals surface area contributed by atoms with Crippen molar-refractivity contribution in [2.24, 2.45) is 0 Å². The third-order valence-electron chi connectivity index (χ3n) is 2.19. The molecule has 0 aliphatic heterocycles. The Bertz CT molecular complexity index is 100. The summed E-state index contributed by atoms with van der Waals surface area (Å²) in [4.78, 5) is 2.54. The molecule has 0 aliphatic carbocycles. The summed E-state index contributed by atoms with van der Waals surface area (Å²) in [7, 11) is 0. The van der Waals surface area contributed by atoms with E-state index >= 15 is 0 Å². The minimum Gasteiger partial charge on any atom is -0.381 e. The number of ether oxygens (including phenoxy) is 1. The molecule has 0 aliphatic rings. The van der Waals surface area contributed by atoms with Crippen LogP contribution in [-0.4, -0.2) is 37.7 Å². The van der Waals surface area contributed by atoms with Crippen LogP contribution >= 0.6 is 0 Å². The molecule has 0 heterocycles. The lowest BCUT2D eigenvalue weighted by atomic mass is 10.3. The Balaban J connectivity index is 3.30. The molecular formula is C12H27NO. The van der Waals surface area contributed by atoms with Crippen molar-refractivity contribution in [1.29, 1.82) is 0 Å². The first-order valence-corrected chi connectivity index (χ1v) is 6.15. The SMILES string of the molecule is CCCOCCCN(CCC)CCC. The average Bonchev–Trinajstić information content (AvgIpc) is 2.18. The number of rotatable bonds is 10. The zero-order valence-corrected chi connectivity index (χ0v) is 10.2. The number of hydrogen-bond acceptors (Lipinski definition) is 2. The van der Waals surface area contributed by atoms with E-state index in [0.717, 1.165) is 19.6 Å². The first-order chi connectivity index (χ1) is 6.85. The average molecular weight is 201 g/mol. The van der Waals surface area contributed by atoms with Crippen molar-refractivity contribution in [3.05, 3.63) is 0 Å². The smallest absolute Gasteiger partial charge is 0.0478 e. The van der Waals surface area contributed by atoms with Gasteiger partial charge in [0, 0.05) is 19.8 Å². The van der Waals surface area contributed by atoms with Crippen LogP contribution in [0.3, 0.4) is 0 Å². The number of hydrogen-bond donors (Lipinski definition) is 0. The highest BCUT2D eigenvalue weighted by molar-refractivity contribution is 4.55. The zero-order valence-electron chi connectivity index (χ0n) is 10.2. The van der Waals surface area contributed by atoms with Crippen molar-refractivity contribution in [3.63, 3.8) is 0 Å². The van der Waals surface area contributed by atoms with Gasteiger partial charge >= 0.3 is 0 Å². The Morgan fingerprint density at radius 1 is 0.786 bits per heavy atom. The minimum atomic E-state index is 0.918. The molecular weight excluding hydrogens is 174 g/mol. The molecule has 0 amide bonds. The fourth-order valence-electron chi connectivity index (χ4n) is 1.60. The molecule has 0 N–H and O–H groups in total. The Morgan fingerprint density at radius 2 is 1.43 bits per heavy atom. The summed E-state index contributed by atoms with van der Waals surface area (Å²) in [5.74, 6) is 0. The van der Waals surface area contributed by atoms with E-state index in [2.05, 4.69) is 25.7 Å². The van der Waals surface area contributed by atoms with Crippen LogP contribution in [0.2, 0.25) is 0 Å². The van der Waals surface area contributed by atoms with Crippen molar-refractivity contribution < 1.29 is 4.74 Å². The Kier molecular flexibility index (Phi) is 10.9. The molecule has 86 valence electrons. The standard InChI is InChI=1S/C12H27NO/c1-4-8-13(9-5-2)10-7-12-14-11-6-3/h4-12H2,1-3H3. The van der Waals surface area contributed by atoms with Gasteiger partial charge in [0.2, 0.25) is 0 Å². The molecule has 2 nitrogen and oxygen atoms in total. The summed E-state index contributed by atoms with van der Waals surface area (Å²) in [5.41, 5.74) is 0. The van der Waals surface area contributed by atoms with Gasteiger partial charge in [-0.25, -0.2) is 0 Å². The van der Waals surface area contributed by atoms with Crippen LogP contribution in [0.25, 0.3) is 0 Å². The van der Waals surface area contributed by atoms with E-state index in [1.807, 2.05) is 0 Å². The van der Waals surface area contributed by atoms with Crippen LogP contribution in [-0.2, 0) is 4.74 Å². The van der Waals surface area contributed by atoms with Crippen molar-refractivity contribution in [1.82, 2.24) is 4.90 Å². The van der Waals surface area contributed by atoms with E-state index < -0.39 is 0 Å². The van der Waals surface area contributed by atoms with Gasteiger partial charge in [-0.1, -0.05) is 20.8 Å². The summed E-state index contributed by atoms with van der Waals surface area (Å²) >= 11 is 0. The van der Waals surface area contributed by atoms with E-state index in [-0.39, 0.29) is 0 Å². The van der Waals surface area contributed by atoms with Gasteiger partial charge in [-0.05, 0) is 38.8 Å². The lowest BCUT2D eigenvalue weighted by Gasteiger charge is -2.20. The van der Waals surface area contributed by atoms with Crippen molar-refractivity contribution in [2.75, 3.05) is 32.8 Å². The predicted octanol–water partition coefficient (Wildman–Crippen LogP) is 2.93. The third kappa shape index (κ3) is 8.52. The summed E-state index contributed by atoms with van der Waals surface area (Å²) in [6, 6.07) is 0. The van der Waals surface area contributed by atoms with Crippen LogP contribution in [0, 0.1) is 0 Å². The molecule has 0 spiro atoms. The van der Waals surface area contributed by atoms with E-state index in [1.165, 1.54) is 38.9 Å². The third-order valence-corrected chi connectivity index (χ3v) is 2.19. The zero-order chi connectivity index (χ0) is 10.6. The topological polar surface area (TPSA) is 12.5 Å². The van der Waals surface area contributed by atoms with Gasteiger partial charge in [0.1, 0.15) is 0 Å².